The predicted octanol–water partition coefficient (Wildman–Crippen LogP) is 3.45. The summed E-state index contributed by atoms with van der Waals surface area (Å²) in [5.74, 6) is 0.454. The smallest absolute Gasteiger partial charge is 0.237 e. The van der Waals surface area contributed by atoms with Crippen LogP contribution in [0.3, 0.4) is 0 Å². The van der Waals surface area contributed by atoms with Crippen LogP contribution < -0.4 is 10.2 Å². The molecular formula is C20H22N2O2S. The third-order valence-corrected chi connectivity index (χ3v) is 5.39. The molecule has 4 nitrogen and oxygen atoms in total. The highest BCUT2D eigenvalue weighted by Crippen LogP contribution is 2.34. The molecule has 0 fully saturated rings. The Bertz CT molecular complexity index is 804. The van der Waals surface area contributed by atoms with E-state index < -0.39 is 0 Å². The van der Waals surface area contributed by atoms with Crippen LogP contribution in [-0.4, -0.2) is 24.1 Å². The number of aryl methyl sites for hydroxylation is 2. The second-order valence-electron chi connectivity index (χ2n) is 6.26. The topological polar surface area (TPSA) is 49.4 Å². The van der Waals surface area contributed by atoms with Gasteiger partial charge in [0.05, 0.1) is 11.4 Å². The Labute approximate surface area is 152 Å². The normalized spacial score (nSPS) is 13.5. The van der Waals surface area contributed by atoms with Crippen molar-refractivity contribution in [3.05, 3.63) is 59.2 Å². The molecule has 0 aromatic heterocycles. The van der Waals surface area contributed by atoms with Gasteiger partial charge in [0.25, 0.3) is 0 Å². The lowest BCUT2D eigenvalue weighted by atomic mass is 10.1. The number of hydrogen-bond donors (Lipinski definition) is 1. The molecule has 0 saturated carbocycles. The van der Waals surface area contributed by atoms with Crippen molar-refractivity contribution in [2.45, 2.75) is 31.7 Å². The third-order valence-electron chi connectivity index (χ3n) is 4.34. The number of para-hydroxylation sites is 1. The molecule has 2 aromatic rings. The number of carbonyl (C=O) groups excluding carboxylic acids is 2. The van der Waals surface area contributed by atoms with Crippen molar-refractivity contribution in [1.82, 2.24) is 5.32 Å². The summed E-state index contributed by atoms with van der Waals surface area (Å²) in [6, 6.07) is 14.1. The van der Waals surface area contributed by atoms with Crippen molar-refractivity contribution in [2.75, 3.05) is 17.2 Å². The fourth-order valence-electron chi connectivity index (χ4n) is 2.94. The van der Waals surface area contributed by atoms with Gasteiger partial charge < -0.3 is 10.2 Å². The zero-order chi connectivity index (χ0) is 17.8. The van der Waals surface area contributed by atoms with Crippen molar-refractivity contribution in [2.24, 2.45) is 0 Å². The van der Waals surface area contributed by atoms with E-state index in [-0.39, 0.29) is 11.8 Å². The molecule has 2 amide bonds. The van der Waals surface area contributed by atoms with Crippen LogP contribution in [0.25, 0.3) is 0 Å². The molecule has 130 valence electrons. The van der Waals surface area contributed by atoms with Crippen LogP contribution in [0.4, 0.5) is 5.69 Å². The Kier molecular flexibility index (Phi) is 5.43. The molecule has 1 aliphatic heterocycles. The van der Waals surface area contributed by atoms with Gasteiger partial charge >= 0.3 is 0 Å². The van der Waals surface area contributed by atoms with Gasteiger partial charge in [0, 0.05) is 24.4 Å². The Hall–Kier alpha value is -2.27. The average Bonchev–Trinajstić information content (AvgIpc) is 2.60. The maximum Gasteiger partial charge on any atom is 0.237 e. The molecule has 2 aromatic carbocycles. The molecule has 25 heavy (non-hydrogen) atoms. The monoisotopic (exact) mass is 354 g/mol. The highest BCUT2D eigenvalue weighted by Gasteiger charge is 2.24. The number of thioether (sulfide) groups is 1. The molecule has 1 aliphatic rings. The van der Waals surface area contributed by atoms with Gasteiger partial charge in [-0.25, -0.2) is 0 Å². The predicted molar refractivity (Wildman–Crippen MR) is 102 cm³/mol. The van der Waals surface area contributed by atoms with E-state index in [1.165, 1.54) is 11.1 Å². The first-order valence-electron chi connectivity index (χ1n) is 8.39. The summed E-state index contributed by atoms with van der Waals surface area (Å²) in [6.07, 6.45) is 0.301. The molecule has 0 radical (unpaired) electrons. The Morgan fingerprint density at radius 1 is 1.20 bits per heavy atom. The summed E-state index contributed by atoms with van der Waals surface area (Å²) >= 11 is 1.55. The maximum atomic E-state index is 12.2. The standard InChI is InChI=1S/C20H22N2O2S/c1-14-7-8-16(15(2)11-14)12-21-19(23)9-10-22-17-5-3-4-6-18(17)25-13-20(22)24/h3-8,11H,9-10,12-13H2,1-2H3,(H,21,23). The van der Waals surface area contributed by atoms with Crippen molar-refractivity contribution in [3.63, 3.8) is 0 Å². The van der Waals surface area contributed by atoms with E-state index >= 15 is 0 Å². The van der Waals surface area contributed by atoms with E-state index in [2.05, 4.69) is 31.3 Å². The lowest BCUT2D eigenvalue weighted by Gasteiger charge is -2.28. The van der Waals surface area contributed by atoms with E-state index in [4.69, 9.17) is 0 Å². The van der Waals surface area contributed by atoms with E-state index in [9.17, 15) is 9.59 Å². The summed E-state index contributed by atoms with van der Waals surface area (Å²) in [5.41, 5.74) is 4.42. The zero-order valence-electron chi connectivity index (χ0n) is 14.5. The summed E-state index contributed by atoms with van der Waals surface area (Å²) in [5, 5.41) is 2.96. The van der Waals surface area contributed by atoms with Crippen LogP contribution in [0.5, 0.6) is 0 Å². The van der Waals surface area contributed by atoms with Crippen molar-refractivity contribution in [3.8, 4) is 0 Å². The first-order chi connectivity index (χ1) is 12.0. The molecule has 0 aliphatic carbocycles. The average molecular weight is 354 g/mol. The summed E-state index contributed by atoms with van der Waals surface area (Å²) < 4.78 is 0. The highest BCUT2D eigenvalue weighted by molar-refractivity contribution is 8.00. The molecule has 0 unspecified atom stereocenters. The fourth-order valence-corrected chi connectivity index (χ4v) is 3.87. The lowest BCUT2D eigenvalue weighted by molar-refractivity contribution is -0.121. The van der Waals surface area contributed by atoms with E-state index in [0.29, 0.717) is 25.3 Å². The number of benzene rings is 2. The molecule has 0 bridgehead atoms. The molecule has 0 atom stereocenters. The summed E-state index contributed by atoms with van der Waals surface area (Å²) in [7, 11) is 0. The molecule has 1 heterocycles. The van der Waals surface area contributed by atoms with Crippen LogP contribution in [0, 0.1) is 13.8 Å². The van der Waals surface area contributed by atoms with Gasteiger partial charge in [-0.2, -0.15) is 0 Å². The van der Waals surface area contributed by atoms with Gasteiger partial charge in [0.1, 0.15) is 0 Å². The van der Waals surface area contributed by atoms with Crippen LogP contribution in [0.15, 0.2) is 47.4 Å². The number of nitrogens with zero attached hydrogens (tertiary/aromatic N) is 1. The van der Waals surface area contributed by atoms with Crippen LogP contribution >= 0.6 is 11.8 Å². The molecule has 1 N–H and O–H groups in total. The second kappa shape index (κ2) is 7.74. The zero-order valence-corrected chi connectivity index (χ0v) is 15.4. The Morgan fingerprint density at radius 3 is 2.80 bits per heavy atom. The van der Waals surface area contributed by atoms with E-state index in [0.717, 1.165) is 16.1 Å². The number of rotatable bonds is 5. The van der Waals surface area contributed by atoms with Crippen molar-refractivity contribution in [1.29, 1.82) is 0 Å². The van der Waals surface area contributed by atoms with Crippen molar-refractivity contribution < 1.29 is 9.59 Å². The van der Waals surface area contributed by atoms with Gasteiger partial charge in [-0.05, 0) is 37.1 Å². The molecule has 0 spiro atoms. The first kappa shape index (κ1) is 17.5. The number of fused-ring (bicyclic) bond motifs is 1. The van der Waals surface area contributed by atoms with Crippen LogP contribution in [0.1, 0.15) is 23.1 Å². The van der Waals surface area contributed by atoms with Gasteiger partial charge in [0.15, 0.2) is 0 Å². The van der Waals surface area contributed by atoms with E-state index in [1.54, 1.807) is 16.7 Å². The first-order valence-corrected chi connectivity index (χ1v) is 9.38. The van der Waals surface area contributed by atoms with Crippen LogP contribution in [0.2, 0.25) is 0 Å². The highest BCUT2D eigenvalue weighted by atomic mass is 32.2. The fraction of sp³-hybridized carbons (Fsp3) is 0.300. The molecule has 3 rings (SSSR count). The quantitative estimate of drug-likeness (QED) is 0.895. The largest absolute Gasteiger partial charge is 0.352 e. The molecular weight excluding hydrogens is 332 g/mol. The van der Waals surface area contributed by atoms with Crippen molar-refractivity contribution >= 4 is 29.3 Å². The SMILES string of the molecule is Cc1ccc(CNC(=O)CCN2C(=O)CSc3ccccc32)c(C)c1. The summed E-state index contributed by atoms with van der Waals surface area (Å²) in [4.78, 5) is 27.2. The molecule has 0 saturated heterocycles. The number of hydrogen-bond acceptors (Lipinski definition) is 3. The minimum atomic E-state index is -0.0384. The number of nitrogens with one attached hydrogen (secondary N) is 1. The van der Waals surface area contributed by atoms with E-state index in [1.807, 2.05) is 30.3 Å². The minimum Gasteiger partial charge on any atom is -0.352 e. The maximum absolute atomic E-state index is 12.2. The third kappa shape index (κ3) is 4.23. The van der Waals surface area contributed by atoms with Gasteiger partial charge in [-0.3, -0.25) is 9.59 Å². The van der Waals surface area contributed by atoms with Crippen LogP contribution in [-0.2, 0) is 16.1 Å². The minimum absolute atomic E-state index is 0.0384. The Balaban J connectivity index is 1.56. The second-order valence-corrected chi connectivity index (χ2v) is 7.28. The number of amides is 2. The molecule has 5 heteroatoms. The van der Waals surface area contributed by atoms with Gasteiger partial charge in [-0.15, -0.1) is 11.8 Å². The summed E-state index contributed by atoms with van der Waals surface area (Å²) in [6.45, 7) is 5.04. The number of anilines is 1. The lowest BCUT2D eigenvalue weighted by Crippen LogP contribution is -2.38. The van der Waals surface area contributed by atoms with Gasteiger partial charge in [-0.1, -0.05) is 35.9 Å². The number of carbonyl (C=O) groups is 2. The van der Waals surface area contributed by atoms with Gasteiger partial charge in [0.2, 0.25) is 11.8 Å². The Morgan fingerprint density at radius 2 is 2.00 bits per heavy atom.